The predicted molar refractivity (Wildman–Crippen MR) is 95.6 cm³/mol. The third-order valence-corrected chi connectivity index (χ3v) is 5.73. The van der Waals surface area contributed by atoms with Gasteiger partial charge in [-0.15, -0.1) is 0 Å². The van der Waals surface area contributed by atoms with Crippen LogP contribution in [-0.2, 0) is 12.0 Å². The zero-order chi connectivity index (χ0) is 17.6. The molecule has 0 saturated heterocycles. The number of nitrogens with one attached hydrogen (secondary N) is 1. The van der Waals surface area contributed by atoms with Crippen LogP contribution >= 0.6 is 0 Å². The van der Waals surface area contributed by atoms with Gasteiger partial charge in [0.25, 0.3) is 0 Å². The Morgan fingerprint density at radius 1 is 1.36 bits per heavy atom. The second kappa shape index (κ2) is 5.90. The Morgan fingerprint density at radius 3 is 2.80 bits per heavy atom. The second-order valence-corrected chi connectivity index (χ2v) is 7.62. The smallest absolute Gasteiger partial charge is 0.317 e. The van der Waals surface area contributed by atoms with Crippen molar-refractivity contribution in [2.45, 2.75) is 51.5 Å². The highest BCUT2D eigenvalue weighted by molar-refractivity contribution is 5.75. The maximum atomic E-state index is 12.7. The summed E-state index contributed by atoms with van der Waals surface area (Å²) in [6.45, 7) is 8.08. The van der Waals surface area contributed by atoms with E-state index in [4.69, 9.17) is 4.52 Å². The third-order valence-electron chi connectivity index (χ3n) is 5.73. The number of urea groups is 1. The van der Waals surface area contributed by atoms with Crippen LogP contribution in [0.3, 0.4) is 0 Å². The van der Waals surface area contributed by atoms with E-state index in [0.717, 1.165) is 23.6 Å². The predicted octanol–water partition coefficient (Wildman–Crippen LogP) is 3.65. The van der Waals surface area contributed by atoms with Gasteiger partial charge in [-0.1, -0.05) is 36.3 Å². The molecule has 2 heterocycles. The Hall–Kier alpha value is -2.30. The topological polar surface area (TPSA) is 58.4 Å². The molecule has 0 bridgehead atoms. The van der Waals surface area contributed by atoms with Crippen LogP contribution in [0.1, 0.15) is 53.8 Å². The maximum absolute atomic E-state index is 12.7. The second-order valence-electron chi connectivity index (χ2n) is 7.62. The standard InChI is InChI=1S/C20H25N3O2/c1-13(18-14(2)22-25-15(18)3)10-21-19(24)23-11-16-6-4-5-7-17(16)20(12-23)8-9-20/h4-7,13H,8-12H2,1-3H3,(H,21,24). The highest BCUT2D eigenvalue weighted by Gasteiger charge is 2.49. The molecule has 25 heavy (non-hydrogen) atoms. The van der Waals surface area contributed by atoms with E-state index in [1.807, 2.05) is 18.7 Å². The summed E-state index contributed by atoms with van der Waals surface area (Å²) >= 11 is 0. The van der Waals surface area contributed by atoms with Crippen molar-refractivity contribution in [3.63, 3.8) is 0 Å². The van der Waals surface area contributed by atoms with Crippen LogP contribution < -0.4 is 5.32 Å². The molecule has 1 unspecified atom stereocenters. The molecule has 1 atom stereocenters. The summed E-state index contributed by atoms with van der Waals surface area (Å²) in [6, 6.07) is 8.59. The van der Waals surface area contributed by atoms with E-state index < -0.39 is 0 Å². The lowest BCUT2D eigenvalue weighted by Crippen LogP contribution is -2.47. The molecular formula is C20H25N3O2. The largest absolute Gasteiger partial charge is 0.361 e. The zero-order valence-electron chi connectivity index (χ0n) is 15.1. The average Bonchev–Trinajstić information content (AvgIpc) is 3.29. The number of carbonyl (C=O) groups excluding carboxylic acids is 1. The number of hydrogen-bond acceptors (Lipinski definition) is 3. The number of carbonyl (C=O) groups is 1. The Morgan fingerprint density at radius 2 is 2.12 bits per heavy atom. The number of hydrogen-bond donors (Lipinski definition) is 1. The van der Waals surface area contributed by atoms with Gasteiger partial charge in [0.15, 0.2) is 0 Å². The average molecular weight is 339 g/mol. The number of nitrogens with zero attached hydrogens (tertiary/aromatic N) is 2. The molecule has 2 aliphatic rings. The first-order valence-electron chi connectivity index (χ1n) is 9.04. The number of aryl methyl sites for hydroxylation is 2. The van der Waals surface area contributed by atoms with Crippen LogP contribution in [0.5, 0.6) is 0 Å². The summed E-state index contributed by atoms with van der Waals surface area (Å²) in [7, 11) is 0. The molecule has 2 amide bonds. The van der Waals surface area contributed by atoms with Crippen LogP contribution in [-0.4, -0.2) is 29.2 Å². The van der Waals surface area contributed by atoms with E-state index >= 15 is 0 Å². The lowest BCUT2D eigenvalue weighted by atomic mass is 9.87. The molecule has 4 rings (SSSR count). The van der Waals surface area contributed by atoms with E-state index in [0.29, 0.717) is 13.1 Å². The fourth-order valence-electron chi connectivity index (χ4n) is 4.26. The molecule has 1 aliphatic carbocycles. The van der Waals surface area contributed by atoms with E-state index in [1.54, 1.807) is 0 Å². The molecule has 1 aromatic heterocycles. The van der Waals surface area contributed by atoms with Gasteiger partial charge in [-0.05, 0) is 37.8 Å². The summed E-state index contributed by atoms with van der Waals surface area (Å²) in [5.74, 6) is 1.02. The highest BCUT2D eigenvalue weighted by atomic mass is 16.5. The molecular weight excluding hydrogens is 314 g/mol. The summed E-state index contributed by atoms with van der Waals surface area (Å²) in [5, 5.41) is 7.12. The van der Waals surface area contributed by atoms with Gasteiger partial charge in [0.1, 0.15) is 5.76 Å². The minimum absolute atomic E-state index is 0.0272. The van der Waals surface area contributed by atoms with Crippen molar-refractivity contribution in [1.82, 2.24) is 15.4 Å². The number of aromatic nitrogens is 1. The van der Waals surface area contributed by atoms with Crippen molar-refractivity contribution in [3.05, 3.63) is 52.4 Å². The summed E-state index contributed by atoms with van der Waals surface area (Å²) < 4.78 is 5.24. The molecule has 1 saturated carbocycles. The first-order chi connectivity index (χ1) is 12.0. The van der Waals surface area contributed by atoms with Crippen molar-refractivity contribution in [1.29, 1.82) is 0 Å². The molecule has 1 aromatic carbocycles. The molecule has 132 valence electrons. The van der Waals surface area contributed by atoms with Crippen molar-refractivity contribution < 1.29 is 9.32 Å². The monoisotopic (exact) mass is 339 g/mol. The summed E-state index contributed by atoms with van der Waals surface area (Å²) in [6.07, 6.45) is 2.37. The summed E-state index contributed by atoms with van der Waals surface area (Å²) in [5.41, 5.74) is 4.95. The maximum Gasteiger partial charge on any atom is 0.317 e. The number of rotatable bonds is 3. The van der Waals surface area contributed by atoms with Crippen LogP contribution in [0, 0.1) is 13.8 Å². The van der Waals surface area contributed by atoms with Gasteiger partial charge in [0.05, 0.1) is 5.69 Å². The SMILES string of the molecule is Cc1noc(C)c1C(C)CNC(=O)N1Cc2ccccc2C2(CC2)C1. The summed E-state index contributed by atoms with van der Waals surface area (Å²) in [4.78, 5) is 14.7. The Kier molecular flexibility index (Phi) is 3.82. The van der Waals surface area contributed by atoms with Crippen LogP contribution in [0.25, 0.3) is 0 Å². The van der Waals surface area contributed by atoms with Gasteiger partial charge in [-0.3, -0.25) is 0 Å². The van der Waals surface area contributed by atoms with E-state index in [-0.39, 0.29) is 17.4 Å². The molecule has 1 N–H and O–H groups in total. The van der Waals surface area contributed by atoms with E-state index in [2.05, 4.69) is 41.7 Å². The van der Waals surface area contributed by atoms with Crippen molar-refractivity contribution in [3.8, 4) is 0 Å². The zero-order valence-corrected chi connectivity index (χ0v) is 15.1. The Bertz CT molecular complexity index is 788. The number of benzene rings is 1. The van der Waals surface area contributed by atoms with Crippen LogP contribution in [0.4, 0.5) is 4.79 Å². The highest BCUT2D eigenvalue weighted by Crippen LogP contribution is 2.52. The Labute approximate surface area is 148 Å². The molecule has 5 nitrogen and oxygen atoms in total. The lowest BCUT2D eigenvalue weighted by molar-refractivity contribution is 0.183. The molecule has 1 spiro atoms. The van der Waals surface area contributed by atoms with Crippen molar-refractivity contribution >= 4 is 6.03 Å². The minimum Gasteiger partial charge on any atom is -0.361 e. The molecule has 1 aliphatic heterocycles. The molecule has 2 aromatic rings. The van der Waals surface area contributed by atoms with E-state index in [9.17, 15) is 4.79 Å². The molecule has 1 fully saturated rings. The van der Waals surface area contributed by atoms with Crippen LogP contribution in [0.2, 0.25) is 0 Å². The number of amides is 2. The van der Waals surface area contributed by atoms with Gasteiger partial charge < -0.3 is 14.7 Å². The van der Waals surface area contributed by atoms with Crippen molar-refractivity contribution in [2.24, 2.45) is 0 Å². The van der Waals surface area contributed by atoms with Gasteiger partial charge >= 0.3 is 6.03 Å². The minimum atomic E-state index is 0.0272. The molecule has 5 heteroatoms. The quantitative estimate of drug-likeness (QED) is 0.928. The fourth-order valence-corrected chi connectivity index (χ4v) is 4.26. The van der Waals surface area contributed by atoms with Gasteiger partial charge in [-0.2, -0.15) is 0 Å². The van der Waals surface area contributed by atoms with Gasteiger partial charge in [-0.25, -0.2) is 4.79 Å². The third kappa shape index (κ3) is 2.81. The number of fused-ring (bicyclic) bond motifs is 2. The van der Waals surface area contributed by atoms with E-state index in [1.165, 1.54) is 24.0 Å². The first kappa shape index (κ1) is 16.2. The fraction of sp³-hybridized carbons (Fsp3) is 0.500. The molecule has 0 radical (unpaired) electrons. The van der Waals surface area contributed by atoms with Crippen molar-refractivity contribution in [2.75, 3.05) is 13.1 Å². The lowest BCUT2D eigenvalue weighted by Gasteiger charge is -2.35. The van der Waals surface area contributed by atoms with Gasteiger partial charge in [0, 0.05) is 36.5 Å². The van der Waals surface area contributed by atoms with Gasteiger partial charge in [0.2, 0.25) is 0 Å². The first-order valence-corrected chi connectivity index (χ1v) is 9.04. The Balaban J connectivity index is 1.43. The normalized spacial score (nSPS) is 18.8. The van der Waals surface area contributed by atoms with Crippen LogP contribution in [0.15, 0.2) is 28.8 Å².